The van der Waals surface area contributed by atoms with E-state index in [1.54, 1.807) is 6.07 Å². The number of hydrogen-bond acceptors (Lipinski definition) is 4. The van der Waals surface area contributed by atoms with Crippen LogP contribution in [0.2, 0.25) is 0 Å². The molecule has 1 aromatic carbocycles. The molecule has 0 N–H and O–H groups in total. The molecule has 0 radical (unpaired) electrons. The van der Waals surface area contributed by atoms with Crippen LogP contribution in [0.5, 0.6) is 5.75 Å². The minimum Gasteiger partial charge on any atom is -0.489 e. The van der Waals surface area contributed by atoms with Crippen molar-refractivity contribution in [1.82, 2.24) is 10.1 Å². The van der Waals surface area contributed by atoms with Crippen molar-refractivity contribution in [2.24, 2.45) is 0 Å². The van der Waals surface area contributed by atoms with Crippen molar-refractivity contribution in [2.75, 3.05) is 13.1 Å². The van der Waals surface area contributed by atoms with Crippen LogP contribution >= 0.6 is 0 Å². The van der Waals surface area contributed by atoms with E-state index >= 15 is 0 Å². The Morgan fingerprint density at radius 1 is 1.29 bits per heavy atom. The second-order valence-corrected chi connectivity index (χ2v) is 5.86. The molecule has 0 saturated carbocycles. The molecule has 130 valence electrons. The minimum absolute atomic E-state index is 0.0498. The maximum atomic E-state index is 12.6. The van der Waals surface area contributed by atoms with Gasteiger partial charge in [-0.15, -0.1) is 0 Å². The molecule has 2 aromatic rings. The van der Waals surface area contributed by atoms with Gasteiger partial charge >= 0.3 is 0 Å². The van der Waals surface area contributed by atoms with Gasteiger partial charge in [-0.2, -0.15) is 0 Å². The summed E-state index contributed by atoms with van der Waals surface area (Å²) < 4.78 is 11.0. The molecule has 24 heavy (non-hydrogen) atoms. The Balaban J connectivity index is 2.06. The van der Waals surface area contributed by atoms with Crippen LogP contribution in [0, 0.1) is 13.8 Å². The van der Waals surface area contributed by atoms with E-state index in [-0.39, 0.29) is 5.91 Å². The fraction of sp³-hybridized carbons (Fsp3) is 0.474. The van der Waals surface area contributed by atoms with Crippen molar-refractivity contribution in [3.05, 3.63) is 46.8 Å². The van der Waals surface area contributed by atoms with Crippen molar-refractivity contribution in [1.29, 1.82) is 0 Å². The van der Waals surface area contributed by atoms with Crippen molar-refractivity contribution in [2.45, 2.75) is 47.1 Å². The lowest BCUT2D eigenvalue weighted by atomic mass is 10.1. The van der Waals surface area contributed by atoms with Gasteiger partial charge in [-0.1, -0.05) is 24.6 Å². The van der Waals surface area contributed by atoms with Crippen LogP contribution in [0.15, 0.2) is 28.8 Å². The number of benzene rings is 1. The molecule has 0 fully saturated rings. The van der Waals surface area contributed by atoms with E-state index in [2.05, 4.69) is 12.1 Å². The third-order valence-corrected chi connectivity index (χ3v) is 4.10. The summed E-state index contributed by atoms with van der Waals surface area (Å²) in [6.45, 7) is 9.77. The number of aryl methyl sites for hydroxylation is 2. The largest absolute Gasteiger partial charge is 0.489 e. The minimum atomic E-state index is 0.0498. The predicted molar refractivity (Wildman–Crippen MR) is 93.2 cm³/mol. The molecule has 5 nitrogen and oxygen atoms in total. The lowest BCUT2D eigenvalue weighted by Gasteiger charge is -2.21. The van der Waals surface area contributed by atoms with E-state index in [0.29, 0.717) is 24.5 Å². The highest BCUT2D eigenvalue weighted by atomic mass is 16.5. The van der Waals surface area contributed by atoms with Gasteiger partial charge in [0.15, 0.2) is 0 Å². The Kier molecular flexibility index (Phi) is 6.41. The van der Waals surface area contributed by atoms with Gasteiger partial charge in [0.2, 0.25) is 0 Å². The lowest BCUT2D eigenvalue weighted by Crippen LogP contribution is -2.31. The summed E-state index contributed by atoms with van der Waals surface area (Å²) in [5, 5.41) is 3.92. The van der Waals surface area contributed by atoms with Crippen LogP contribution in [-0.2, 0) is 6.61 Å². The molecule has 1 aromatic heterocycles. The Labute approximate surface area is 143 Å². The van der Waals surface area contributed by atoms with Crippen LogP contribution in [0.4, 0.5) is 0 Å². The highest BCUT2D eigenvalue weighted by molar-refractivity contribution is 5.94. The number of carbonyl (C=O) groups excluding carboxylic acids is 1. The van der Waals surface area contributed by atoms with E-state index in [4.69, 9.17) is 9.26 Å². The van der Waals surface area contributed by atoms with Gasteiger partial charge in [0.1, 0.15) is 18.1 Å². The molecule has 0 aliphatic carbocycles. The second-order valence-electron chi connectivity index (χ2n) is 5.86. The molecule has 0 spiro atoms. The summed E-state index contributed by atoms with van der Waals surface area (Å²) in [5.41, 5.74) is 2.44. The first-order valence-electron chi connectivity index (χ1n) is 8.50. The van der Waals surface area contributed by atoms with E-state index in [1.165, 1.54) is 0 Å². The molecule has 0 atom stereocenters. The van der Waals surface area contributed by atoms with Crippen LogP contribution < -0.4 is 4.74 Å². The third-order valence-electron chi connectivity index (χ3n) is 4.10. The first-order valence-corrected chi connectivity index (χ1v) is 8.50. The average molecular weight is 330 g/mol. The monoisotopic (exact) mass is 330 g/mol. The molecular weight excluding hydrogens is 304 g/mol. The Morgan fingerprint density at radius 3 is 2.71 bits per heavy atom. The number of amides is 1. The zero-order valence-corrected chi connectivity index (χ0v) is 15.0. The summed E-state index contributed by atoms with van der Waals surface area (Å²) in [5.74, 6) is 1.48. The van der Waals surface area contributed by atoms with Gasteiger partial charge < -0.3 is 14.2 Å². The molecule has 0 aliphatic heterocycles. The molecule has 0 saturated heterocycles. The topological polar surface area (TPSA) is 55.6 Å². The molecule has 5 heteroatoms. The number of nitrogens with zero attached hydrogens (tertiary/aromatic N) is 2. The second kappa shape index (κ2) is 8.52. The van der Waals surface area contributed by atoms with Gasteiger partial charge in [0, 0.05) is 18.7 Å². The number of rotatable bonds is 8. The number of carbonyl (C=O) groups is 1. The fourth-order valence-electron chi connectivity index (χ4n) is 2.52. The molecule has 0 unspecified atom stereocenters. The zero-order chi connectivity index (χ0) is 17.5. The van der Waals surface area contributed by atoms with Crippen LogP contribution in [0.3, 0.4) is 0 Å². The van der Waals surface area contributed by atoms with E-state index < -0.39 is 0 Å². The summed E-state index contributed by atoms with van der Waals surface area (Å²) in [6, 6.07) is 7.34. The number of unbranched alkanes of at least 4 members (excludes halogenated alkanes) is 1. The van der Waals surface area contributed by atoms with Gasteiger partial charge in [-0.3, -0.25) is 4.79 Å². The van der Waals surface area contributed by atoms with Gasteiger partial charge in [0.25, 0.3) is 5.91 Å². The highest BCUT2D eigenvalue weighted by Crippen LogP contribution is 2.19. The summed E-state index contributed by atoms with van der Waals surface area (Å²) in [6.07, 6.45) is 2.09. The first kappa shape index (κ1) is 18.0. The van der Waals surface area contributed by atoms with Gasteiger partial charge in [-0.25, -0.2) is 0 Å². The Hall–Kier alpha value is -2.30. The zero-order valence-electron chi connectivity index (χ0n) is 15.0. The normalized spacial score (nSPS) is 10.7. The third kappa shape index (κ3) is 4.37. The lowest BCUT2D eigenvalue weighted by molar-refractivity contribution is 0.0761. The maximum Gasteiger partial charge on any atom is 0.253 e. The Morgan fingerprint density at radius 2 is 2.08 bits per heavy atom. The molecule has 1 heterocycles. The summed E-state index contributed by atoms with van der Waals surface area (Å²) in [7, 11) is 0. The fourth-order valence-corrected chi connectivity index (χ4v) is 2.52. The summed E-state index contributed by atoms with van der Waals surface area (Å²) >= 11 is 0. The van der Waals surface area contributed by atoms with Crippen molar-refractivity contribution < 1.29 is 14.1 Å². The average Bonchev–Trinajstić information content (AvgIpc) is 2.92. The number of hydrogen-bond donors (Lipinski definition) is 0. The Bertz CT molecular complexity index is 660. The molecule has 2 rings (SSSR count). The van der Waals surface area contributed by atoms with Crippen LogP contribution in [-0.4, -0.2) is 29.1 Å². The van der Waals surface area contributed by atoms with Gasteiger partial charge in [0.05, 0.1) is 11.3 Å². The maximum absolute atomic E-state index is 12.6. The number of ether oxygens (including phenoxy) is 1. The van der Waals surface area contributed by atoms with E-state index in [9.17, 15) is 4.79 Å². The number of aromatic nitrogens is 1. The summed E-state index contributed by atoms with van der Waals surface area (Å²) in [4.78, 5) is 14.5. The molecular formula is C19H26N2O3. The predicted octanol–water partition coefficient (Wildman–Crippen LogP) is 4.13. The van der Waals surface area contributed by atoms with Crippen molar-refractivity contribution in [3.8, 4) is 5.75 Å². The highest BCUT2D eigenvalue weighted by Gasteiger charge is 2.15. The van der Waals surface area contributed by atoms with Crippen molar-refractivity contribution in [3.63, 3.8) is 0 Å². The SMILES string of the molecule is CCCCN(CC)C(=O)c1cccc(OCc2c(C)noc2C)c1. The molecule has 1 amide bonds. The van der Waals surface area contributed by atoms with Gasteiger partial charge in [-0.05, 0) is 45.4 Å². The molecule has 0 bridgehead atoms. The quantitative estimate of drug-likeness (QED) is 0.730. The van der Waals surface area contributed by atoms with E-state index in [1.807, 2.05) is 43.9 Å². The molecule has 0 aliphatic rings. The van der Waals surface area contributed by atoms with Crippen molar-refractivity contribution >= 4 is 5.91 Å². The first-order chi connectivity index (χ1) is 11.6. The van der Waals surface area contributed by atoms with E-state index in [0.717, 1.165) is 36.4 Å². The standard InChI is InChI=1S/C19H26N2O3/c1-5-7-11-21(6-2)19(22)16-9-8-10-17(12-16)23-13-18-14(3)20-24-15(18)4/h8-10,12H,5-7,11,13H2,1-4H3. The van der Waals surface area contributed by atoms with Crippen LogP contribution in [0.1, 0.15) is 54.1 Å². The van der Waals surface area contributed by atoms with Crippen LogP contribution in [0.25, 0.3) is 0 Å². The smallest absolute Gasteiger partial charge is 0.253 e.